The Morgan fingerprint density at radius 2 is 0.574 bits per heavy atom. The third-order valence-electron chi connectivity index (χ3n) is 12.9. The highest BCUT2D eigenvalue weighted by Gasteiger charge is 2.21. The highest BCUT2D eigenvalue weighted by Crippen LogP contribution is 2.40. The van der Waals surface area contributed by atoms with E-state index in [0.717, 1.165) is 123 Å². The van der Waals surface area contributed by atoms with E-state index in [-0.39, 0.29) is 0 Å². The zero-order valence-corrected chi connectivity index (χ0v) is 36.8. The second-order valence-electron chi connectivity index (χ2n) is 17.1. The lowest BCUT2D eigenvalue weighted by atomic mass is 10.0. The van der Waals surface area contributed by atoms with Gasteiger partial charge in [0.1, 0.15) is 11.6 Å². The van der Waals surface area contributed by atoms with Crippen LogP contribution in [0.5, 0.6) is 0 Å². The zero-order chi connectivity index (χ0) is 45.0. The van der Waals surface area contributed by atoms with Crippen LogP contribution in [0.3, 0.4) is 0 Å². The first kappa shape index (κ1) is 39.1. The molecule has 0 aliphatic rings. The summed E-state index contributed by atoms with van der Waals surface area (Å²) in [4.78, 5) is 21.4. The predicted octanol–water partition coefficient (Wildman–Crippen LogP) is 15.5. The Kier molecular flexibility index (Phi) is 9.39. The van der Waals surface area contributed by atoms with Crippen LogP contribution in [0.1, 0.15) is 0 Å². The molecule has 13 aromatic rings. The number of benzene rings is 7. The SMILES string of the molecule is c1ccc(-c2cc(-c3ccccc3)nc(-c3cccc(-n4c5ccccc5c5cc6c7ccccc7n(-c7cccc(-c8cc(-c9ccccc9)cc(-c9ccccc9)n8)n7)c6cc54)n3)c2)cc1. The van der Waals surface area contributed by atoms with Crippen LogP contribution in [0.15, 0.2) is 243 Å². The first-order chi connectivity index (χ1) is 33.7. The average molecular weight is 869 g/mol. The van der Waals surface area contributed by atoms with E-state index in [2.05, 4.69) is 228 Å². The second kappa shape index (κ2) is 16.3. The topological polar surface area (TPSA) is 61.4 Å². The van der Waals surface area contributed by atoms with Gasteiger partial charge in [0, 0.05) is 32.7 Å². The van der Waals surface area contributed by atoms with Gasteiger partial charge in [-0.05, 0) is 95.1 Å². The monoisotopic (exact) mass is 868 g/mol. The molecule has 0 aliphatic carbocycles. The molecule has 13 rings (SSSR count). The molecule has 6 heteroatoms. The van der Waals surface area contributed by atoms with Crippen molar-refractivity contribution in [2.75, 3.05) is 0 Å². The predicted molar refractivity (Wildman–Crippen MR) is 279 cm³/mol. The van der Waals surface area contributed by atoms with Crippen LogP contribution in [-0.2, 0) is 0 Å². The standard InChI is InChI=1S/C62H40N6/c1-5-19-41(20-6-1)45-35-53(43-23-9-3-10-24-43)63-55(37-45)51-29-17-33-61(65-51)67-57-31-15-13-27-47(57)49-39-50-48-28-14-16-32-58(48)68(60(50)40-59(49)67)62-34-18-30-52(66-62)56-38-46(42-21-7-2-8-22-42)36-54(64-56)44-25-11-4-12-26-44/h1-40H. The van der Waals surface area contributed by atoms with Gasteiger partial charge in [-0.2, -0.15) is 0 Å². The van der Waals surface area contributed by atoms with Gasteiger partial charge in [-0.15, -0.1) is 0 Å². The van der Waals surface area contributed by atoms with Gasteiger partial charge in [-0.25, -0.2) is 19.9 Å². The van der Waals surface area contributed by atoms with Crippen LogP contribution < -0.4 is 0 Å². The molecule has 0 saturated carbocycles. The molecule has 7 aromatic carbocycles. The summed E-state index contributed by atoms with van der Waals surface area (Å²) >= 11 is 0. The maximum atomic E-state index is 5.44. The van der Waals surface area contributed by atoms with Crippen molar-refractivity contribution in [1.29, 1.82) is 0 Å². The van der Waals surface area contributed by atoms with Crippen LogP contribution in [0.4, 0.5) is 0 Å². The molecule has 0 atom stereocenters. The average Bonchev–Trinajstić information content (AvgIpc) is 3.93. The smallest absolute Gasteiger partial charge is 0.138 e. The zero-order valence-electron chi connectivity index (χ0n) is 36.8. The van der Waals surface area contributed by atoms with Crippen molar-refractivity contribution >= 4 is 43.6 Å². The van der Waals surface area contributed by atoms with Crippen molar-refractivity contribution in [3.05, 3.63) is 243 Å². The molecule has 68 heavy (non-hydrogen) atoms. The number of fused-ring (bicyclic) bond motifs is 6. The summed E-state index contributed by atoms with van der Waals surface area (Å²) in [5, 5.41) is 4.61. The molecule has 6 heterocycles. The molecule has 0 unspecified atom stereocenters. The van der Waals surface area contributed by atoms with E-state index >= 15 is 0 Å². The van der Waals surface area contributed by atoms with Gasteiger partial charge in [-0.1, -0.05) is 170 Å². The van der Waals surface area contributed by atoms with Gasteiger partial charge >= 0.3 is 0 Å². The highest BCUT2D eigenvalue weighted by molar-refractivity contribution is 6.19. The Balaban J connectivity index is 0.996. The lowest BCUT2D eigenvalue weighted by Crippen LogP contribution is -2.01. The Morgan fingerprint density at radius 1 is 0.206 bits per heavy atom. The van der Waals surface area contributed by atoms with Crippen LogP contribution >= 0.6 is 0 Å². The molecule has 0 amide bonds. The lowest BCUT2D eigenvalue weighted by molar-refractivity contribution is 1.07. The van der Waals surface area contributed by atoms with Crippen LogP contribution in [0.2, 0.25) is 0 Å². The summed E-state index contributed by atoms with van der Waals surface area (Å²) in [6, 6.07) is 84.7. The van der Waals surface area contributed by atoms with Crippen LogP contribution in [0, 0.1) is 0 Å². The largest absolute Gasteiger partial charge is 0.294 e. The number of hydrogen-bond acceptors (Lipinski definition) is 4. The number of hydrogen-bond donors (Lipinski definition) is 0. The number of pyridine rings is 4. The Bertz CT molecular complexity index is 3630. The number of nitrogens with zero attached hydrogens (tertiary/aromatic N) is 6. The second-order valence-corrected chi connectivity index (χ2v) is 17.1. The van der Waals surface area contributed by atoms with E-state index in [1.165, 1.54) is 0 Å². The van der Waals surface area contributed by atoms with E-state index in [1.54, 1.807) is 0 Å². The van der Waals surface area contributed by atoms with Gasteiger partial charge in [0.2, 0.25) is 0 Å². The number of rotatable bonds is 8. The molecular formula is C62H40N6. The van der Waals surface area contributed by atoms with Crippen molar-refractivity contribution in [3.63, 3.8) is 0 Å². The van der Waals surface area contributed by atoms with E-state index in [4.69, 9.17) is 19.9 Å². The van der Waals surface area contributed by atoms with Crippen molar-refractivity contribution in [2.24, 2.45) is 0 Å². The Hall–Kier alpha value is -9.26. The molecule has 0 radical (unpaired) electrons. The summed E-state index contributed by atoms with van der Waals surface area (Å²) in [5.74, 6) is 1.62. The summed E-state index contributed by atoms with van der Waals surface area (Å²) in [5.41, 5.74) is 15.8. The first-order valence-corrected chi connectivity index (χ1v) is 22.9. The molecular weight excluding hydrogens is 829 g/mol. The molecule has 0 fully saturated rings. The molecule has 6 nitrogen and oxygen atoms in total. The molecule has 6 aromatic heterocycles. The van der Waals surface area contributed by atoms with Crippen LogP contribution in [0.25, 0.3) is 123 Å². The third kappa shape index (κ3) is 6.82. The Labute approximate surface area is 392 Å². The van der Waals surface area contributed by atoms with Crippen molar-refractivity contribution in [1.82, 2.24) is 29.1 Å². The molecule has 0 aliphatic heterocycles. The van der Waals surface area contributed by atoms with E-state index < -0.39 is 0 Å². The number of aromatic nitrogens is 6. The third-order valence-corrected chi connectivity index (χ3v) is 12.9. The lowest BCUT2D eigenvalue weighted by Gasteiger charge is -2.13. The van der Waals surface area contributed by atoms with E-state index in [9.17, 15) is 0 Å². The first-order valence-electron chi connectivity index (χ1n) is 22.9. The molecule has 0 saturated heterocycles. The molecule has 0 spiro atoms. The summed E-state index contributed by atoms with van der Waals surface area (Å²) in [7, 11) is 0. The van der Waals surface area contributed by atoms with Gasteiger partial charge in [-0.3, -0.25) is 9.13 Å². The minimum absolute atomic E-state index is 0.792. The quantitative estimate of drug-likeness (QED) is 0.153. The summed E-state index contributed by atoms with van der Waals surface area (Å²) < 4.78 is 4.59. The van der Waals surface area contributed by atoms with Gasteiger partial charge in [0.25, 0.3) is 0 Å². The van der Waals surface area contributed by atoms with Crippen molar-refractivity contribution in [2.45, 2.75) is 0 Å². The van der Waals surface area contributed by atoms with Gasteiger partial charge in [0.05, 0.1) is 56.2 Å². The molecule has 0 N–H and O–H groups in total. The van der Waals surface area contributed by atoms with E-state index in [0.29, 0.717) is 0 Å². The maximum Gasteiger partial charge on any atom is 0.138 e. The van der Waals surface area contributed by atoms with Gasteiger partial charge in [0.15, 0.2) is 0 Å². The maximum absolute atomic E-state index is 5.44. The summed E-state index contributed by atoms with van der Waals surface area (Å²) in [6.45, 7) is 0. The van der Waals surface area contributed by atoms with Crippen molar-refractivity contribution < 1.29 is 0 Å². The van der Waals surface area contributed by atoms with Crippen LogP contribution in [-0.4, -0.2) is 29.1 Å². The molecule has 0 bridgehead atoms. The molecule has 318 valence electrons. The van der Waals surface area contributed by atoms with E-state index in [1.807, 2.05) is 24.3 Å². The minimum atomic E-state index is 0.792. The fraction of sp³-hybridized carbons (Fsp3) is 0. The minimum Gasteiger partial charge on any atom is -0.294 e. The summed E-state index contributed by atoms with van der Waals surface area (Å²) in [6.07, 6.45) is 0. The highest BCUT2D eigenvalue weighted by atomic mass is 15.1. The van der Waals surface area contributed by atoms with Gasteiger partial charge < -0.3 is 0 Å². The number of para-hydroxylation sites is 2. The van der Waals surface area contributed by atoms with Crippen molar-refractivity contribution in [3.8, 4) is 79.2 Å². The fourth-order valence-corrected chi connectivity index (χ4v) is 9.74. The fourth-order valence-electron chi connectivity index (χ4n) is 9.74. The Morgan fingerprint density at radius 3 is 1.00 bits per heavy atom. The normalized spacial score (nSPS) is 11.5.